The second-order valence-corrected chi connectivity index (χ2v) is 5.96. The molecule has 0 saturated carbocycles. The van der Waals surface area contributed by atoms with Crippen molar-refractivity contribution in [3.05, 3.63) is 40.8 Å². The lowest BCUT2D eigenvalue weighted by molar-refractivity contribution is -0.123. The zero-order chi connectivity index (χ0) is 16.3. The Morgan fingerprint density at radius 2 is 2.09 bits per heavy atom. The first kappa shape index (κ1) is 16.2. The normalized spacial score (nSPS) is 14.0. The molecular formula is C16H21N3O3. The highest BCUT2D eigenvalue weighted by Crippen LogP contribution is 2.14. The summed E-state index contributed by atoms with van der Waals surface area (Å²) in [4.78, 5) is 28.1. The van der Waals surface area contributed by atoms with Gasteiger partial charge in [0.1, 0.15) is 6.54 Å². The summed E-state index contributed by atoms with van der Waals surface area (Å²) in [5.74, 6) is -0.309. The fourth-order valence-corrected chi connectivity index (χ4v) is 1.96. The SMILES string of the molecule is CC(C)C(C)(O)CNC(=O)Cn1c(=O)cnc2ccccc21. The predicted octanol–water partition coefficient (Wildman–Crippen LogP) is 0.920. The summed E-state index contributed by atoms with van der Waals surface area (Å²) >= 11 is 0. The van der Waals surface area contributed by atoms with E-state index in [1.165, 1.54) is 10.8 Å². The number of nitrogens with one attached hydrogen (secondary N) is 1. The van der Waals surface area contributed by atoms with Crippen molar-refractivity contribution < 1.29 is 9.90 Å². The van der Waals surface area contributed by atoms with Crippen LogP contribution in [0.25, 0.3) is 11.0 Å². The summed E-state index contributed by atoms with van der Waals surface area (Å²) in [5.41, 5.74) is -0.0460. The number of carbonyl (C=O) groups excluding carboxylic acids is 1. The lowest BCUT2D eigenvalue weighted by Gasteiger charge is -2.27. The second-order valence-electron chi connectivity index (χ2n) is 5.96. The van der Waals surface area contributed by atoms with Crippen molar-refractivity contribution in [2.75, 3.05) is 6.54 Å². The van der Waals surface area contributed by atoms with E-state index in [0.29, 0.717) is 11.0 Å². The minimum absolute atomic E-state index is 0.0114. The molecule has 0 aliphatic heterocycles. The predicted molar refractivity (Wildman–Crippen MR) is 84.5 cm³/mol. The van der Waals surface area contributed by atoms with Crippen LogP contribution in [0.1, 0.15) is 20.8 Å². The van der Waals surface area contributed by atoms with Gasteiger partial charge in [-0.15, -0.1) is 0 Å². The van der Waals surface area contributed by atoms with Crippen molar-refractivity contribution in [1.82, 2.24) is 14.9 Å². The maximum Gasteiger partial charge on any atom is 0.269 e. The van der Waals surface area contributed by atoms with Gasteiger partial charge in [0, 0.05) is 6.54 Å². The monoisotopic (exact) mass is 303 g/mol. The van der Waals surface area contributed by atoms with Gasteiger partial charge in [0.2, 0.25) is 5.91 Å². The van der Waals surface area contributed by atoms with Crippen molar-refractivity contribution in [3.63, 3.8) is 0 Å². The van der Waals surface area contributed by atoms with Gasteiger partial charge in [-0.05, 0) is 25.0 Å². The molecule has 1 aromatic carbocycles. The Hall–Kier alpha value is -2.21. The summed E-state index contributed by atoms with van der Waals surface area (Å²) in [6, 6.07) is 7.15. The van der Waals surface area contributed by atoms with Crippen LogP contribution in [-0.2, 0) is 11.3 Å². The number of nitrogens with zero attached hydrogens (tertiary/aromatic N) is 2. The van der Waals surface area contributed by atoms with Crippen molar-refractivity contribution in [2.45, 2.75) is 32.9 Å². The van der Waals surface area contributed by atoms with E-state index in [1.807, 2.05) is 19.9 Å². The highest BCUT2D eigenvalue weighted by Gasteiger charge is 2.25. The lowest BCUT2D eigenvalue weighted by Crippen LogP contribution is -2.45. The number of hydrogen-bond donors (Lipinski definition) is 2. The summed E-state index contributed by atoms with van der Waals surface area (Å²) in [7, 11) is 0. The van der Waals surface area contributed by atoms with E-state index in [4.69, 9.17) is 0 Å². The molecule has 0 fully saturated rings. The van der Waals surface area contributed by atoms with Crippen molar-refractivity contribution in [2.24, 2.45) is 5.92 Å². The van der Waals surface area contributed by atoms with Crippen LogP contribution in [0.5, 0.6) is 0 Å². The number of aliphatic hydroxyl groups is 1. The molecule has 0 spiro atoms. The molecule has 1 amide bonds. The highest BCUT2D eigenvalue weighted by molar-refractivity contribution is 5.79. The topological polar surface area (TPSA) is 84.2 Å². The number of benzene rings is 1. The molecule has 0 bridgehead atoms. The minimum atomic E-state index is -0.985. The molecule has 6 nitrogen and oxygen atoms in total. The molecule has 0 aliphatic rings. The number of carbonyl (C=O) groups is 1. The smallest absolute Gasteiger partial charge is 0.269 e. The van der Waals surface area contributed by atoms with Crippen molar-refractivity contribution in [3.8, 4) is 0 Å². The highest BCUT2D eigenvalue weighted by atomic mass is 16.3. The summed E-state index contributed by atoms with van der Waals surface area (Å²) in [6.45, 7) is 5.48. The van der Waals surface area contributed by atoms with Crippen LogP contribution in [0, 0.1) is 5.92 Å². The first-order chi connectivity index (χ1) is 10.3. The Labute approximate surface area is 128 Å². The van der Waals surface area contributed by atoms with Crippen LogP contribution in [-0.4, -0.2) is 32.7 Å². The summed E-state index contributed by atoms with van der Waals surface area (Å²) in [6.07, 6.45) is 1.21. The molecule has 2 rings (SSSR count). The molecule has 6 heteroatoms. The molecule has 0 radical (unpaired) electrons. The van der Waals surface area contributed by atoms with E-state index >= 15 is 0 Å². The molecule has 118 valence electrons. The van der Waals surface area contributed by atoms with Crippen LogP contribution in [0.4, 0.5) is 0 Å². The van der Waals surface area contributed by atoms with Crippen LogP contribution >= 0.6 is 0 Å². The quantitative estimate of drug-likeness (QED) is 0.860. The average Bonchev–Trinajstić information content (AvgIpc) is 2.48. The van der Waals surface area contributed by atoms with Gasteiger partial charge in [0.15, 0.2) is 0 Å². The van der Waals surface area contributed by atoms with Gasteiger partial charge in [-0.25, -0.2) is 4.98 Å². The molecule has 1 heterocycles. The number of para-hydroxylation sites is 2. The molecular weight excluding hydrogens is 282 g/mol. The number of rotatable bonds is 5. The van der Waals surface area contributed by atoms with E-state index in [-0.39, 0.29) is 30.5 Å². The fraction of sp³-hybridized carbons (Fsp3) is 0.438. The van der Waals surface area contributed by atoms with Crippen LogP contribution in [0.3, 0.4) is 0 Å². The molecule has 1 aromatic heterocycles. The Morgan fingerprint density at radius 1 is 1.41 bits per heavy atom. The van der Waals surface area contributed by atoms with Gasteiger partial charge >= 0.3 is 0 Å². The van der Waals surface area contributed by atoms with Crippen LogP contribution < -0.4 is 10.9 Å². The maximum atomic E-state index is 12.1. The van der Waals surface area contributed by atoms with E-state index < -0.39 is 5.60 Å². The minimum Gasteiger partial charge on any atom is -0.388 e. The summed E-state index contributed by atoms with van der Waals surface area (Å²) < 4.78 is 1.38. The first-order valence-electron chi connectivity index (χ1n) is 7.25. The van der Waals surface area contributed by atoms with Gasteiger partial charge in [-0.2, -0.15) is 0 Å². The standard InChI is InChI=1S/C16H21N3O3/c1-11(2)16(3,22)10-18-14(20)9-19-13-7-5-4-6-12(13)17-8-15(19)21/h4-8,11,22H,9-10H2,1-3H3,(H,18,20). The number of hydrogen-bond acceptors (Lipinski definition) is 4. The van der Waals surface area contributed by atoms with Gasteiger partial charge < -0.3 is 10.4 Å². The molecule has 2 aromatic rings. The third-order valence-corrected chi connectivity index (χ3v) is 3.94. The van der Waals surface area contributed by atoms with Crippen LogP contribution in [0.2, 0.25) is 0 Å². The van der Waals surface area contributed by atoms with Gasteiger partial charge in [0.05, 0.1) is 22.8 Å². The second kappa shape index (κ2) is 6.27. The number of aromatic nitrogens is 2. The molecule has 0 saturated heterocycles. The van der Waals surface area contributed by atoms with Crippen LogP contribution in [0.15, 0.2) is 35.3 Å². The van der Waals surface area contributed by atoms with E-state index in [2.05, 4.69) is 10.3 Å². The third kappa shape index (κ3) is 3.51. The maximum absolute atomic E-state index is 12.1. The zero-order valence-corrected chi connectivity index (χ0v) is 13.0. The van der Waals surface area contributed by atoms with Gasteiger partial charge in [-0.3, -0.25) is 14.2 Å². The average molecular weight is 303 g/mol. The van der Waals surface area contributed by atoms with E-state index in [1.54, 1.807) is 25.1 Å². The Bertz CT molecular complexity index is 735. The first-order valence-corrected chi connectivity index (χ1v) is 7.25. The Balaban J connectivity index is 2.16. The van der Waals surface area contributed by atoms with E-state index in [0.717, 1.165) is 0 Å². The van der Waals surface area contributed by atoms with Crippen molar-refractivity contribution in [1.29, 1.82) is 0 Å². The molecule has 22 heavy (non-hydrogen) atoms. The molecule has 2 N–H and O–H groups in total. The number of fused-ring (bicyclic) bond motifs is 1. The van der Waals surface area contributed by atoms with Gasteiger partial charge in [-0.1, -0.05) is 26.0 Å². The molecule has 0 aliphatic carbocycles. The number of amides is 1. The fourth-order valence-electron chi connectivity index (χ4n) is 1.96. The zero-order valence-electron chi connectivity index (χ0n) is 13.0. The lowest BCUT2D eigenvalue weighted by atomic mass is 9.92. The Morgan fingerprint density at radius 3 is 2.77 bits per heavy atom. The van der Waals surface area contributed by atoms with E-state index in [9.17, 15) is 14.7 Å². The summed E-state index contributed by atoms with van der Waals surface area (Å²) in [5, 5.41) is 12.8. The van der Waals surface area contributed by atoms with Crippen molar-refractivity contribution >= 4 is 16.9 Å². The Kier molecular flexibility index (Phi) is 4.61. The molecule has 1 unspecified atom stereocenters. The third-order valence-electron chi connectivity index (χ3n) is 3.94. The largest absolute Gasteiger partial charge is 0.388 e. The van der Waals surface area contributed by atoms with Gasteiger partial charge in [0.25, 0.3) is 5.56 Å². The molecule has 1 atom stereocenters.